The first-order chi connectivity index (χ1) is 23.9. The normalized spacial score (nSPS) is 11.4. The smallest absolute Gasteiger partial charge is 0.206 e. The summed E-state index contributed by atoms with van der Waals surface area (Å²) in [5, 5.41) is 0. The van der Waals surface area contributed by atoms with Crippen LogP contribution in [-0.2, 0) is 25.0 Å². The minimum atomic E-state index is 0.172. The monoisotopic (exact) mass is 641 g/mol. The molecule has 240 valence electrons. The Hall–Kier alpha value is -5.88. The van der Waals surface area contributed by atoms with Crippen LogP contribution in [-0.4, -0.2) is 15.0 Å². The molecule has 0 bridgehead atoms. The standard InChI is InChI=1S/C43H41N6/c1-43(2,3)38-12-10-33(11-13-38)32-49-26-18-35(19-27-49)34-14-22-47(23-15-34)28-29-48-24-16-36(17-25-48)37-30-41(39-8-4-6-20-44-39)46-42(31-37)40-9-5-7-21-45-40/h4-27,30-31H,28-29,32H2,1-3H3/q+3. The molecule has 7 aromatic rings. The fourth-order valence-corrected chi connectivity index (χ4v) is 5.89. The van der Waals surface area contributed by atoms with Crippen molar-refractivity contribution in [2.24, 2.45) is 0 Å². The molecule has 0 aliphatic carbocycles. The van der Waals surface area contributed by atoms with E-state index in [2.05, 4.69) is 154 Å². The van der Waals surface area contributed by atoms with Gasteiger partial charge in [-0.15, -0.1) is 0 Å². The summed E-state index contributed by atoms with van der Waals surface area (Å²) >= 11 is 0. The third-order valence-electron chi connectivity index (χ3n) is 8.82. The van der Waals surface area contributed by atoms with Crippen LogP contribution in [0.25, 0.3) is 45.0 Å². The Labute approximate surface area is 288 Å². The average molecular weight is 642 g/mol. The molecule has 0 amide bonds. The molecule has 0 saturated heterocycles. The van der Waals surface area contributed by atoms with Gasteiger partial charge >= 0.3 is 0 Å². The van der Waals surface area contributed by atoms with E-state index < -0.39 is 0 Å². The minimum Gasteiger partial charge on any atom is -0.255 e. The van der Waals surface area contributed by atoms with Crippen LogP contribution in [0.5, 0.6) is 0 Å². The Morgan fingerprint density at radius 3 is 1.35 bits per heavy atom. The topological polar surface area (TPSA) is 50.3 Å². The average Bonchev–Trinajstić information content (AvgIpc) is 3.15. The molecule has 7 rings (SSSR count). The summed E-state index contributed by atoms with van der Waals surface area (Å²) in [5.41, 5.74) is 10.8. The second-order valence-electron chi connectivity index (χ2n) is 13.4. The summed E-state index contributed by atoms with van der Waals surface area (Å²) in [5.74, 6) is 0. The molecule has 0 aliphatic rings. The van der Waals surface area contributed by atoms with Crippen molar-refractivity contribution in [1.29, 1.82) is 0 Å². The molecule has 0 atom stereocenters. The summed E-state index contributed by atoms with van der Waals surface area (Å²) in [6, 6.07) is 38.1. The number of aryl methyl sites for hydroxylation is 2. The number of nitrogens with zero attached hydrogens (tertiary/aromatic N) is 6. The van der Waals surface area contributed by atoms with Gasteiger partial charge in [-0.25, -0.2) is 9.55 Å². The molecule has 6 heterocycles. The largest absolute Gasteiger partial charge is 0.255 e. The fraction of sp³-hybridized carbons (Fsp3) is 0.163. The highest BCUT2D eigenvalue weighted by atomic mass is 15.0. The Morgan fingerprint density at radius 2 is 0.918 bits per heavy atom. The predicted octanol–water partition coefficient (Wildman–Crippen LogP) is 7.45. The van der Waals surface area contributed by atoms with E-state index in [4.69, 9.17) is 4.98 Å². The highest BCUT2D eigenvalue weighted by molar-refractivity contribution is 5.74. The maximum Gasteiger partial charge on any atom is 0.206 e. The first-order valence-electron chi connectivity index (χ1n) is 16.8. The number of pyridine rings is 6. The van der Waals surface area contributed by atoms with Crippen LogP contribution < -0.4 is 13.7 Å². The van der Waals surface area contributed by atoms with E-state index in [0.717, 1.165) is 53.5 Å². The van der Waals surface area contributed by atoms with Gasteiger partial charge in [0.15, 0.2) is 43.7 Å². The lowest BCUT2D eigenvalue weighted by Gasteiger charge is -2.18. The zero-order valence-electron chi connectivity index (χ0n) is 28.3. The van der Waals surface area contributed by atoms with Gasteiger partial charge in [-0.1, -0.05) is 57.2 Å². The second-order valence-corrected chi connectivity index (χ2v) is 13.4. The molecule has 0 fully saturated rings. The van der Waals surface area contributed by atoms with Gasteiger partial charge in [0.25, 0.3) is 0 Å². The van der Waals surface area contributed by atoms with Gasteiger partial charge in [0, 0.05) is 54.4 Å². The summed E-state index contributed by atoms with van der Waals surface area (Å²) in [4.78, 5) is 14.0. The summed E-state index contributed by atoms with van der Waals surface area (Å²) in [6.07, 6.45) is 16.5. The molecular formula is C43H41N6+3. The molecule has 0 aliphatic heterocycles. The summed E-state index contributed by atoms with van der Waals surface area (Å²) < 4.78 is 6.68. The predicted molar refractivity (Wildman–Crippen MR) is 193 cm³/mol. The first-order valence-corrected chi connectivity index (χ1v) is 16.8. The molecule has 6 heteroatoms. The molecule has 0 saturated carbocycles. The summed E-state index contributed by atoms with van der Waals surface area (Å²) in [7, 11) is 0. The van der Waals surface area contributed by atoms with E-state index in [-0.39, 0.29) is 5.41 Å². The Kier molecular flexibility index (Phi) is 9.11. The van der Waals surface area contributed by atoms with Gasteiger partial charge in [-0.2, -0.15) is 9.13 Å². The second kappa shape index (κ2) is 14.1. The van der Waals surface area contributed by atoms with Crippen LogP contribution >= 0.6 is 0 Å². The number of aromatic nitrogens is 6. The highest BCUT2D eigenvalue weighted by Gasteiger charge is 2.15. The van der Waals surface area contributed by atoms with Crippen molar-refractivity contribution >= 4 is 0 Å². The van der Waals surface area contributed by atoms with Crippen molar-refractivity contribution in [3.8, 4) is 45.0 Å². The number of hydrogen-bond acceptors (Lipinski definition) is 3. The quantitative estimate of drug-likeness (QED) is 0.154. The van der Waals surface area contributed by atoms with Gasteiger partial charge in [0.1, 0.15) is 0 Å². The number of rotatable bonds is 9. The van der Waals surface area contributed by atoms with Crippen LogP contribution in [0.1, 0.15) is 31.9 Å². The highest BCUT2D eigenvalue weighted by Crippen LogP contribution is 2.28. The Balaban J connectivity index is 0.992. The van der Waals surface area contributed by atoms with Crippen LogP contribution in [0.4, 0.5) is 0 Å². The van der Waals surface area contributed by atoms with E-state index in [1.165, 1.54) is 22.3 Å². The molecule has 0 radical (unpaired) electrons. The van der Waals surface area contributed by atoms with Gasteiger partial charge in [0.2, 0.25) is 13.1 Å². The van der Waals surface area contributed by atoms with Gasteiger partial charge < -0.3 is 0 Å². The molecule has 49 heavy (non-hydrogen) atoms. The fourth-order valence-electron chi connectivity index (χ4n) is 5.89. The molecule has 1 aromatic carbocycles. The minimum absolute atomic E-state index is 0.172. The van der Waals surface area contributed by atoms with E-state index >= 15 is 0 Å². The van der Waals surface area contributed by atoms with Crippen LogP contribution in [0.3, 0.4) is 0 Å². The van der Waals surface area contributed by atoms with E-state index in [9.17, 15) is 0 Å². The van der Waals surface area contributed by atoms with Crippen molar-refractivity contribution in [2.75, 3.05) is 0 Å². The van der Waals surface area contributed by atoms with Crippen LogP contribution in [0.15, 0.2) is 159 Å². The summed E-state index contributed by atoms with van der Waals surface area (Å²) in [6.45, 7) is 9.35. The van der Waals surface area contributed by atoms with E-state index in [0.29, 0.717) is 0 Å². The van der Waals surface area contributed by atoms with Crippen molar-refractivity contribution in [3.05, 3.63) is 170 Å². The lowest BCUT2D eigenvalue weighted by atomic mass is 9.87. The van der Waals surface area contributed by atoms with Crippen molar-refractivity contribution in [1.82, 2.24) is 15.0 Å². The van der Waals surface area contributed by atoms with Crippen LogP contribution in [0.2, 0.25) is 0 Å². The van der Waals surface area contributed by atoms with E-state index in [1.807, 2.05) is 36.4 Å². The molecule has 0 unspecified atom stereocenters. The molecule has 0 N–H and O–H groups in total. The number of hydrogen-bond donors (Lipinski definition) is 0. The maximum atomic E-state index is 4.90. The van der Waals surface area contributed by atoms with Crippen molar-refractivity contribution in [2.45, 2.75) is 45.8 Å². The Bertz CT molecular complexity index is 2060. The van der Waals surface area contributed by atoms with Gasteiger partial charge in [0.05, 0.1) is 22.8 Å². The molecular weight excluding hydrogens is 601 g/mol. The maximum absolute atomic E-state index is 4.90. The lowest BCUT2D eigenvalue weighted by molar-refractivity contribution is -0.778. The zero-order chi connectivity index (χ0) is 33.6. The lowest BCUT2D eigenvalue weighted by Crippen LogP contribution is -2.43. The van der Waals surface area contributed by atoms with Crippen molar-refractivity contribution < 1.29 is 13.7 Å². The third kappa shape index (κ3) is 7.82. The first kappa shape index (κ1) is 31.7. The zero-order valence-corrected chi connectivity index (χ0v) is 28.3. The number of benzene rings is 1. The third-order valence-corrected chi connectivity index (χ3v) is 8.82. The van der Waals surface area contributed by atoms with Crippen molar-refractivity contribution in [3.63, 3.8) is 0 Å². The molecule has 6 aromatic heterocycles. The Morgan fingerprint density at radius 1 is 0.469 bits per heavy atom. The molecule has 6 nitrogen and oxygen atoms in total. The SMILES string of the molecule is CC(C)(C)c1ccc(C[n+]2ccc(-c3cc[n+](CC[n+]4ccc(-c5cc(-c6ccccn6)nc(-c6ccccn6)c5)cc4)cc3)cc2)cc1. The van der Waals surface area contributed by atoms with Gasteiger partial charge in [-0.05, 0) is 69.6 Å². The van der Waals surface area contributed by atoms with Gasteiger partial charge in [-0.3, -0.25) is 9.97 Å². The van der Waals surface area contributed by atoms with E-state index in [1.54, 1.807) is 12.4 Å². The molecule has 0 spiro atoms. The van der Waals surface area contributed by atoms with Crippen LogP contribution in [0, 0.1) is 0 Å².